The van der Waals surface area contributed by atoms with Crippen LogP contribution in [0, 0.1) is 5.82 Å². The molecule has 0 N–H and O–H groups in total. The summed E-state index contributed by atoms with van der Waals surface area (Å²) in [6.45, 7) is 3.12. The summed E-state index contributed by atoms with van der Waals surface area (Å²) in [5.74, 6) is 0.463. The molecular formula is C21H20BrFN2O2S. The van der Waals surface area contributed by atoms with Crippen molar-refractivity contribution < 1.29 is 13.9 Å². The molecule has 1 fully saturated rings. The number of para-hydroxylation sites is 1. The molecule has 7 heteroatoms. The van der Waals surface area contributed by atoms with Crippen molar-refractivity contribution in [3.8, 4) is 5.75 Å². The maximum absolute atomic E-state index is 13.2. The van der Waals surface area contributed by atoms with Gasteiger partial charge in [0.1, 0.15) is 11.6 Å². The fourth-order valence-electron chi connectivity index (χ4n) is 3.48. The molecule has 0 spiro atoms. The summed E-state index contributed by atoms with van der Waals surface area (Å²) in [6, 6.07) is 12.4. The molecule has 3 aromatic rings. The number of rotatable bonds is 4. The van der Waals surface area contributed by atoms with Crippen molar-refractivity contribution in [2.75, 3.05) is 13.1 Å². The first-order valence-corrected chi connectivity index (χ1v) is 10.9. The van der Waals surface area contributed by atoms with Gasteiger partial charge in [-0.3, -0.25) is 4.79 Å². The Balaban J connectivity index is 1.36. The smallest absolute Gasteiger partial charge is 0.263 e. The van der Waals surface area contributed by atoms with Gasteiger partial charge in [-0.1, -0.05) is 12.1 Å². The molecule has 2 aromatic carbocycles. The molecule has 1 aromatic heterocycles. The second-order valence-electron chi connectivity index (χ2n) is 6.95. The number of ether oxygens (including phenoxy) is 1. The molecule has 4 rings (SSSR count). The Bertz CT molecular complexity index is 968. The average molecular weight is 463 g/mol. The van der Waals surface area contributed by atoms with Crippen molar-refractivity contribution in [3.63, 3.8) is 0 Å². The Morgan fingerprint density at radius 1 is 1.29 bits per heavy atom. The third-order valence-electron chi connectivity index (χ3n) is 5.01. The number of nitrogens with zero attached hydrogens (tertiary/aromatic N) is 2. The molecule has 1 aliphatic heterocycles. The van der Waals surface area contributed by atoms with E-state index in [-0.39, 0.29) is 11.7 Å². The Morgan fingerprint density at radius 2 is 2.04 bits per heavy atom. The molecule has 1 saturated heterocycles. The van der Waals surface area contributed by atoms with Crippen LogP contribution in [0.3, 0.4) is 0 Å². The van der Waals surface area contributed by atoms with Crippen LogP contribution in [0.25, 0.3) is 10.2 Å². The maximum Gasteiger partial charge on any atom is 0.263 e. The van der Waals surface area contributed by atoms with Crippen LogP contribution in [0.1, 0.15) is 30.7 Å². The molecule has 0 aliphatic carbocycles. The lowest BCUT2D eigenvalue weighted by Crippen LogP contribution is -2.44. The van der Waals surface area contributed by atoms with E-state index in [1.807, 2.05) is 23.1 Å². The van der Waals surface area contributed by atoms with Crippen LogP contribution in [0.2, 0.25) is 0 Å². The summed E-state index contributed by atoms with van der Waals surface area (Å²) in [4.78, 5) is 19.4. The van der Waals surface area contributed by atoms with Gasteiger partial charge in [0.05, 0.1) is 19.7 Å². The van der Waals surface area contributed by atoms with Crippen LogP contribution in [0.15, 0.2) is 46.9 Å². The van der Waals surface area contributed by atoms with Gasteiger partial charge < -0.3 is 9.64 Å². The van der Waals surface area contributed by atoms with Crippen molar-refractivity contribution in [1.29, 1.82) is 0 Å². The molecule has 1 atom stereocenters. The van der Waals surface area contributed by atoms with Gasteiger partial charge in [0.15, 0.2) is 6.10 Å². The summed E-state index contributed by atoms with van der Waals surface area (Å²) >= 11 is 5.02. The van der Waals surface area contributed by atoms with E-state index in [9.17, 15) is 9.18 Å². The number of amides is 1. The van der Waals surface area contributed by atoms with Gasteiger partial charge in [-0.2, -0.15) is 0 Å². The highest BCUT2D eigenvalue weighted by atomic mass is 79.9. The summed E-state index contributed by atoms with van der Waals surface area (Å²) in [5.41, 5.74) is 1.05. The van der Waals surface area contributed by atoms with E-state index in [1.54, 1.807) is 18.3 Å². The van der Waals surface area contributed by atoms with Gasteiger partial charge in [-0.05, 0) is 66.0 Å². The molecular weight excluding hydrogens is 443 g/mol. The fourth-order valence-corrected chi connectivity index (χ4v) is 5.06. The van der Waals surface area contributed by atoms with E-state index in [0.29, 0.717) is 29.2 Å². The van der Waals surface area contributed by atoms with Gasteiger partial charge >= 0.3 is 0 Å². The molecule has 1 aliphatic rings. The van der Waals surface area contributed by atoms with Crippen molar-refractivity contribution in [3.05, 3.63) is 57.8 Å². The zero-order valence-corrected chi connectivity index (χ0v) is 17.8. The average Bonchev–Trinajstić information content (AvgIpc) is 3.14. The number of hydrogen-bond acceptors (Lipinski definition) is 4. The number of piperidine rings is 1. The van der Waals surface area contributed by atoms with Gasteiger partial charge in [-0.25, -0.2) is 9.37 Å². The normalized spacial score (nSPS) is 16.3. The van der Waals surface area contributed by atoms with Gasteiger partial charge in [0.2, 0.25) is 0 Å². The zero-order chi connectivity index (χ0) is 19.7. The van der Waals surface area contributed by atoms with E-state index in [2.05, 4.69) is 22.0 Å². The highest BCUT2D eigenvalue weighted by molar-refractivity contribution is 9.10. The minimum atomic E-state index is -0.624. The summed E-state index contributed by atoms with van der Waals surface area (Å²) in [5, 5.41) is 1.16. The summed E-state index contributed by atoms with van der Waals surface area (Å²) in [7, 11) is 0. The predicted octanol–water partition coefficient (Wildman–Crippen LogP) is 5.37. The highest BCUT2D eigenvalue weighted by Crippen LogP contribution is 2.34. The van der Waals surface area contributed by atoms with Gasteiger partial charge in [-0.15, -0.1) is 11.3 Å². The largest absolute Gasteiger partial charge is 0.480 e. The number of fused-ring (bicyclic) bond motifs is 1. The van der Waals surface area contributed by atoms with Crippen LogP contribution in [-0.2, 0) is 4.79 Å². The molecule has 1 amide bonds. The number of halogens is 2. The Hall–Kier alpha value is -1.99. The molecule has 4 nitrogen and oxygen atoms in total. The first-order chi connectivity index (χ1) is 13.5. The minimum absolute atomic E-state index is 0.0426. The number of likely N-dealkylation sites (tertiary alicyclic amines) is 1. The molecule has 0 radical (unpaired) electrons. The Kier molecular flexibility index (Phi) is 5.64. The number of hydrogen-bond donors (Lipinski definition) is 0. The lowest BCUT2D eigenvalue weighted by atomic mass is 9.97. The van der Waals surface area contributed by atoms with E-state index >= 15 is 0 Å². The Morgan fingerprint density at radius 3 is 2.75 bits per heavy atom. The summed E-state index contributed by atoms with van der Waals surface area (Å²) < 4.78 is 20.7. The molecule has 0 unspecified atom stereocenters. The standard InChI is InChI=1S/C21H20BrFN2O2S/c1-13(27-18-7-6-15(23)12-16(18)22)21(26)25-10-8-14(9-11-25)20-24-17-4-2-3-5-19(17)28-20/h2-7,12-14H,8-11H2,1H3/t13-/m0/s1. The third kappa shape index (κ3) is 4.05. The molecule has 0 saturated carbocycles. The topological polar surface area (TPSA) is 42.4 Å². The van der Waals surface area contributed by atoms with E-state index in [0.717, 1.165) is 23.4 Å². The van der Waals surface area contributed by atoms with Crippen LogP contribution >= 0.6 is 27.3 Å². The van der Waals surface area contributed by atoms with E-state index in [1.165, 1.54) is 22.9 Å². The lowest BCUT2D eigenvalue weighted by molar-refractivity contribution is -0.139. The maximum atomic E-state index is 13.2. The number of carbonyl (C=O) groups is 1. The second kappa shape index (κ2) is 8.17. The molecule has 2 heterocycles. The van der Waals surface area contributed by atoms with Gasteiger partial charge in [0.25, 0.3) is 5.91 Å². The summed E-state index contributed by atoms with van der Waals surface area (Å²) in [6.07, 6.45) is 1.18. The quantitative estimate of drug-likeness (QED) is 0.523. The monoisotopic (exact) mass is 462 g/mol. The molecule has 146 valence electrons. The number of carbonyl (C=O) groups excluding carboxylic acids is 1. The van der Waals surface area contributed by atoms with Crippen LogP contribution in [-0.4, -0.2) is 35.0 Å². The van der Waals surface area contributed by atoms with Crippen molar-refractivity contribution >= 4 is 43.4 Å². The van der Waals surface area contributed by atoms with Crippen LogP contribution in [0.5, 0.6) is 5.75 Å². The van der Waals surface area contributed by atoms with Crippen molar-refractivity contribution in [2.24, 2.45) is 0 Å². The SMILES string of the molecule is C[C@H](Oc1ccc(F)cc1Br)C(=O)N1CCC(c2nc3ccccc3s2)CC1. The second-order valence-corrected chi connectivity index (χ2v) is 8.87. The molecule has 28 heavy (non-hydrogen) atoms. The van der Waals surface area contributed by atoms with E-state index in [4.69, 9.17) is 9.72 Å². The number of benzene rings is 2. The highest BCUT2D eigenvalue weighted by Gasteiger charge is 2.29. The number of thiazole rings is 1. The van der Waals surface area contributed by atoms with Crippen LogP contribution in [0.4, 0.5) is 4.39 Å². The lowest BCUT2D eigenvalue weighted by Gasteiger charge is -2.32. The number of aromatic nitrogens is 1. The Labute approximate surface area is 175 Å². The van der Waals surface area contributed by atoms with Crippen molar-refractivity contribution in [1.82, 2.24) is 9.88 Å². The van der Waals surface area contributed by atoms with Crippen LogP contribution < -0.4 is 4.74 Å². The van der Waals surface area contributed by atoms with Crippen molar-refractivity contribution in [2.45, 2.75) is 31.8 Å². The fraction of sp³-hybridized carbons (Fsp3) is 0.333. The zero-order valence-electron chi connectivity index (χ0n) is 15.4. The first kappa shape index (κ1) is 19.3. The predicted molar refractivity (Wildman–Crippen MR) is 112 cm³/mol. The first-order valence-electron chi connectivity index (χ1n) is 9.27. The third-order valence-corrected chi connectivity index (χ3v) is 6.83. The van der Waals surface area contributed by atoms with E-state index < -0.39 is 6.10 Å². The minimum Gasteiger partial charge on any atom is -0.480 e. The molecule has 0 bridgehead atoms. The van der Waals surface area contributed by atoms with Gasteiger partial charge in [0, 0.05) is 19.0 Å².